The number of rotatable bonds is 2. The van der Waals surface area contributed by atoms with E-state index in [-0.39, 0.29) is 17.7 Å². The van der Waals surface area contributed by atoms with Crippen LogP contribution in [0.25, 0.3) is 11.0 Å². The van der Waals surface area contributed by atoms with Gasteiger partial charge in [0.2, 0.25) is 11.8 Å². The van der Waals surface area contributed by atoms with E-state index in [2.05, 4.69) is 9.97 Å². The van der Waals surface area contributed by atoms with Crippen molar-refractivity contribution >= 4 is 22.8 Å². The molecule has 4 rings (SSSR count). The molecular formula is C22H31N5O2. The number of hydrogen-bond donors (Lipinski definition) is 1. The lowest BCUT2D eigenvalue weighted by Crippen LogP contribution is -2.50. The summed E-state index contributed by atoms with van der Waals surface area (Å²) in [7, 11) is 0. The van der Waals surface area contributed by atoms with Gasteiger partial charge in [-0.25, -0.2) is 4.98 Å². The zero-order chi connectivity index (χ0) is 20.6. The first-order chi connectivity index (χ1) is 13.8. The van der Waals surface area contributed by atoms with Gasteiger partial charge >= 0.3 is 0 Å². The number of amides is 2. The molecule has 0 aliphatic carbocycles. The summed E-state index contributed by atoms with van der Waals surface area (Å²) in [5.41, 5.74) is 1.51. The number of carbonyl (C=O) groups excluding carboxylic acids is 2. The van der Waals surface area contributed by atoms with Crippen molar-refractivity contribution in [1.82, 2.24) is 24.8 Å². The molecule has 2 amide bonds. The highest BCUT2D eigenvalue weighted by Crippen LogP contribution is 2.30. The number of carbonyl (C=O) groups is 2. The minimum absolute atomic E-state index is 0.0659. The van der Waals surface area contributed by atoms with Crippen LogP contribution in [0, 0.1) is 11.3 Å². The van der Waals surface area contributed by atoms with E-state index in [0.29, 0.717) is 12.5 Å². The predicted molar refractivity (Wildman–Crippen MR) is 111 cm³/mol. The molecule has 1 unspecified atom stereocenters. The highest BCUT2D eigenvalue weighted by atomic mass is 16.2. The molecule has 156 valence electrons. The third-order valence-corrected chi connectivity index (χ3v) is 6.19. The van der Waals surface area contributed by atoms with Crippen LogP contribution in [0.4, 0.5) is 0 Å². The monoisotopic (exact) mass is 397 g/mol. The van der Waals surface area contributed by atoms with Crippen molar-refractivity contribution in [3.05, 3.63) is 24.3 Å². The lowest BCUT2D eigenvalue weighted by atomic mass is 9.89. The fourth-order valence-corrected chi connectivity index (χ4v) is 4.54. The molecule has 2 aliphatic heterocycles. The van der Waals surface area contributed by atoms with Crippen molar-refractivity contribution in [2.24, 2.45) is 11.3 Å². The Morgan fingerprint density at radius 1 is 1.10 bits per heavy atom. The van der Waals surface area contributed by atoms with Crippen LogP contribution < -0.4 is 0 Å². The molecule has 2 fully saturated rings. The average Bonchev–Trinajstić information content (AvgIpc) is 3.16. The second kappa shape index (κ2) is 7.76. The molecule has 2 aromatic rings. The number of imidazole rings is 1. The summed E-state index contributed by atoms with van der Waals surface area (Å²) in [6, 6.07) is 1.92. The minimum Gasteiger partial charge on any atom is -0.342 e. The van der Waals surface area contributed by atoms with E-state index >= 15 is 0 Å². The van der Waals surface area contributed by atoms with E-state index in [0.717, 1.165) is 62.2 Å². The summed E-state index contributed by atoms with van der Waals surface area (Å²) < 4.78 is 0. The van der Waals surface area contributed by atoms with Crippen molar-refractivity contribution in [3.8, 4) is 0 Å². The molecule has 0 radical (unpaired) electrons. The molecule has 4 heterocycles. The molecule has 0 saturated carbocycles. The number of nitrogens with zero attached hydrogens (tertiary/aromatic N) is 4. The Kier molecular flexibility index (Phi) is 5.32. The van der Waals surface area contributed by atoms with Gasteiger partial charge in [-0.1, -0.05) is 20.8 Å². The van der Waals surface area contributed by atoms with Crippen molar-refractivity contribution in [3.63, 3.8) is 0 Å². The van der Waals surface area contributed by atoms with Crippen molar-refractivity contribution in [2.75, 3.05) is 26.2 Å². The Hall–Kier alpha value is -2.44. The normalized spacial score (nSPS) is 21.6. The maximum atomic E-state index is 13.1. The first kappa shape index (κ1) is 19.9. The Labute approximate surface area is 171 Å². The summed E-state index contributed by atoms with van der Waals surface area (Å²) in [6.45, 7) is 8.67. The van der Waals surface area contributed by atoms with Crippen LogP contribution in [0.15, 0.2) is 18.5 Å². The van der Waals surface area contributed by atoms with Crippen LogP contribution in [0.5, 0.6) is 0 Å². The van der Waals surface area contributed by atoms with Gasteiger partial charge in [0.25, 0.3) is 0 Å². The third-order valence-electron chi connectivity index (χ3n) is 6.19. The Bertz CT molecular complexity index is 859. The standard InChI is InChI=1S/C22H31N5O2/c1-22(2,3)21(29)27-10-4-5-16(14-27)20(28)26-11-7-15(8-12-26)19-24-17-6-9-23-13-18(17)25-19/h6,9,13,15-16H,4-5,7-8,10-12,14H2,1-3H3,(H,24,25). The summed E-state index contributed by atoms with van der Waals surface area (Å²) in [4.78, 5) is 41.9. The molecule has 7 heteroatoms. The molecule has 0 spiro atoms. The number of aromatic amines is 1. The number of aromatic nitrogens is 3. The van der Waals surface area contributed by atoms with Gasteiger partial charge in [-0.05, 0) is 31.7 Å². The number of pyridine rings is 1. The molecule has 0 aromatic carbocycles. The lowest BCUT2D eigenvalue weighted by molar-refractivity contribution is -0.145. The molecule has 1 atom stereocenters. The fraction of sp³-hybridized carbons (Fsp3) is 0.636. The number of likely N-dealkylation sites (tertiary alicyclic amines) is 2. The number of hydrogen-bond acceptors (Lipinski definition) is 4. The van der Waals surface area contributed by atoms with Crippen LogP contribution >= 0.6 is 0 Å². The van der Waals surface area contributed by atoms with Gasteiger partial charge in [-0.2, -0.15) is 0 Å². The van der Waals surface area contributed by atoms with E-state index in [4.69, 9.17) is 4.98 Å². The van der Waals surface area contributed by atoms with Crippen LogP contribution in [-0.2, 0) is 9.59 Å². The fourth-order valence-electron chi connectivity index (χ4n) is 4.54. The second-order valence-corrected chi connectivity index (χ2v) is 9.45. The van der Waals surface area contributed by atoms with Crippen molar-refractivity contribution in [2.45, 2.75) is 52.4 Å². The minimum atomic E-state index is -0.397. The largest absolute Gasteiger partial charge is 0.342 e. The number of H-pyrrole nitrogens is 1. The van der Waals surface area contributed by atoms with E-state index in [9.17, 15) is 9.59 Å². The first-order valence-corrected chi connectivity index (χ1v) is 10.7. The molecule has 2 saturated heterocycles. The predicted octanol–water partition coefficient (Wildman–Crippen LogP) is 2.95. The SMILES string of the molecule is CC(C)(C)C(=O)N1CCCC(C(=O)N2CCC(c3nc4ccncc4[nH]3)CC2)C1. The Balaban J connectivity index is 1.35. The molecule has 1 N–H and O–H groups in total. The summed E-state index contributed by atoms with van der Waals surface area (Å²) in [5, 5.41) is 0. The van der Waals surface area contributed by atoms with Gasteiger partial charge in [0.05, 0.1) is 23.1 Å². The molecule has 0 bridgehead atoms. The van der Waals surface area contributed by atoms with Gasteiger partial charge in [-0.15, -0.1) is 0 Å². The van der Waals surface area contributed by atoms with E-state index in [1.807, 2.05) is 36.6 Å². The molecule has 29 heavy (non-hydrogen) atoms. The summed E-state index contributed by atoms with van der Waals surface area (Å²) in [5.74, 6) is 1.64. The number of piperidine rings is 2. The van der Waals surface area contributed by atoms with E-state index in [1.165, 1.54) is 0 Å². The maximum Gasteiger partial charge on any atom is 0.227 e. The maximum absolute atomic E-state index is 13.1. The summed E-state index contributed by atoms with van der Waals surface area (Å²) >= 11 is 0. The van der Waals surface area contributed by atoms with E-state index < -0.39 is 5.41 Å². The zero-order valence-electron chi connectivity index (χ0n) is 17.6. The smallest absolute Gasteiger partial charge is 0.227 e. The average molecular weight is 398 g/mol. The molecular weight excluding hydrogens is 366 g/mol. The Morgan fingerprint density at radius 3 is 2.55 bits per heavy atom. The zero-order valence-corrected chi connectivity index (χ0v) is 17.6. The number of nitrogens with one attached hydrogen (secondary N) is 1. The van der Waals surface area contributed by atoms with Gasteiger partial charge in [-0.3, -0.25) is 14.6 Å². The van der Waals surface area contributed by atoms with Crippen LogP contribution in [0.2, 0.25) is 0 Å². The van der Waals surface area contributed by atoms with Crippen molar-refractivity contribution in [1.29, 1.82) is 0 Å². The van der Waals surface area contributed by atoms with Gasteiger partial charge in [0.15, 0.2) is 0 Å². The third kappa shape index (κ3) is 4.14. The van der Waals surface area contributed by atoms with Gasteiger partial charge in [0.1, 0.15) is 5.82 Å². The second-order valence-electron chi connectivity index (χ2n) is 9.45. The molecule has 2 aliphatic rings. The van der Waals surface area contributed by atoms with Crippen molar-refractivity contribution < 1.29 is 9.59 Å². The number of fused-ring (bicyclic) bond motifs is 1. The highest BCUT2D eigenvalue weighted by Gasteiger charge is 2.36. The van der Waals surface area contributed by atoms with Crippen LogP contribution in [0.1, 0.15) is 58.2 Å². The van der Waals surface area contributed by atoms with E-state index in [1.54, 1.807) is 12.4 Å². The van der Waals surface area contributed by atoms with Crippen LogP contribution in [-0.4, -0.2) is 62.7 Å². The highest BCUT2D eigenvalue weighted by molar-refractivity contribution is 5.84. The molecule has 2 aromatic heterocycles. The van der Waals surface area contributed by atoms with Crippen LogP contribution in [0.3, 0.4) is 0 Å². The topological polar surface area (TPSA) is 82.2 Å². The van der Waals surface area contributed by atoms with Gasteiger partial charge in [0, 0.05) is 43.7 Å². The molecule has 7 nitrogen and oxygen atoms in total. The van der Waals surface area contributed by atoms with Gasteiger partial charge < -0.3 is 14.8 Å². The first-order valence-electron chi connectivity index (χ1n) is 10.7. The Morgan fingerprint density at radius 2 is 1.86 bits per heavy atom. The summed E-state index contributed by atoms with van der Waals surface area (Å²) in [6.07, 6.45) is 7.17. The quantitative estimate of drug-likeness (QED) is 0.845. The lowest BCUT2D eigenvalue weighted by Gasteiger charge is -2.39.